The Hall–Kier alpha value is -3.50. The highest BCUT2D eigenvalue weighted by Crippen LogP contribution is 2.28. The third-order valence-electron chi connectivity index (χ3n) is 7.07. The molecule has 37 heavy (non-hydrogen) atoms. The number of rotatable bonds is 8. The summed E-state index contributed by atoms with van der Waals surface area (Å²) in [6, 6.07) is 16.4. The second-order valence-electron chi connectivity index (χ2n) is 9.78. The van der Waals surface area contributed by atoms with Gasteiger partial charge in [0.2, 0.25) is 10.0 Å². The highest BCUT2D eigenvalue weighted by Gasteiger charge is 2.19. The maximum Gasteiger partial charge on any atom is 0.233 e. The molecule has 1 fully saturated rings. The largest absolute Gasteiger partial charge is 0.378 e. The Kier molecular flexibility index (Phi) is 7.12. The first kappa shape index (κ1) is 25.2. The minimum absolute atomic E-state index is 0.392. The fourth-order valence-corrected chi connectivity index (χ4v) is 5.27. The van der Waals surface area contributed by atoms with E-state index in [1.807, 2.05) is 24.4 Å². The van der Waals surface area contributed by atoms with Crippen molar-refractivity contribution in [3.63, 3.8) is 0 Å². The van der Waals surface area contributed by atoms with Crippen molar-refractivity contribution >= 4 is 27.2 Å². The molecule has 1 aliphatic rings. The molecule has 0 atom stereocenters. The number of likely N-dealkylation sites (tertiary alicyclic amines) is 1. The van der Waals surface area contributed by atoms with E-state index in [4.69, 9.17) is 4.98 Å². The molecule has 10 heteroatoms. The number of sulfonamides is 1. The lowest BCUT2D eigenvalue weighted by atomic mass is 9.89. The SMILES string of the molecule is CN1CCC(c2ccc(Cc3nc4c(NCc5cccnc5N(C)S(C)(=O)=O)cccn4n3)cc2)CC1. The third kappa shape index (κ3) is 5.75. The third-order valence-corrected chi connectivity index (χ3v) is 8.24. The van der Waals surface area contributed by atoms with E-state index in [0.717, 1.165) is 35.8 Å². The quantitative estimate of drug-likeness (QED) is 0.380. The number of anilines is 2. The molecule has 1 saturated heterocycles. The Morgan fingerprint density at radius 2 is 1.84 bits per heavy atom. The Labute approximate surface area is 218 Å². The van der Waals surface area contributed by atoms with Crippen LogP contribution in [0.4, 0.5) is 11.5 Å². The molecule has 0 radical (unpaired) electrons. The number of aromatic nitrogens is 4. The van der Waals surface area contributed by atoms with E-state index in [2.05, 4.69) is 51.6 Å². The predicted octanol–water partition coefficient (Wildman–Crippen LogP) is 3.53. The van der Waals surface area contributed by atoms with E-state index in [9.17, 15) is 8.42 Å². The van der Waals surface area contributed by atoms with Gasteiger partial charge in [0.25, 0.3) is 0 Å². The summed E-state index contributed by atoms with van der Waals surface area (Å²) in [5, 5.41) is 8.07. The van der Waals surface area contributed by atoms with Gasteiger partial charge in [0.05, 0.1) is 11.9 Å². The van der Waals surface area contributed by atoms with Crippen LogP contribution in [0.15, 0.2) is 60.9 Å². The molecule has 9 nitrogen and oxygen atoms in total. The van der Waals surface area contributed by atoms with Gasteiger partial charge in [-0.1, -0.05) is 30.3 Å². The van der Waals surface area contributed by atoms with Crippen molar-refractivity contribution in [3.8, 4) is 0 Å². The van der Waals surface area contributed by atoms with E-state index in [-0.39, 0.29) is 0 Å². The van der Waals surface area contributed by atoms with Crippen molar-refractivity contribution in [2.24, 2.45) is 0 Å². The van der Waals surface area contributed by atoms with Gasteiger partial charge in [-0.25, -0.2) is 22.9 Å². The van der Waals surface area contributed by atoms with Crippen molar-refractivity contribution in [1.29, 1.82) is 0 Å². The molecule has 0 bridgehead atoms. The predicted molar refractivity (Wildman–Crippen MR) is 147 cm³/mol. The summed E-state index contributed by atoms with van der Waals surface area (Å²) in [6.07, 6.45) is 7.72. The summed E-state index contributed by atoms with van der Waals surface area (Å²) in [4.78, 5) is 11.5. The number of nitrogens with one attached hydrogen (secondary N) is 1. The molecule has 0 unspecified atom stereocenters. The van der Waals surface area contributed by atoms with Gasteiger partial charge in [-0.05, 0) is 68.2 Å². The minimum atomic E-state index is -3.42. The number of pyridine rings is 2. The van der Waals surface area contributed by atoms with Crippen LogP contribution in [-0.4, -0.2) is 66.3 Å². The van der Waals surface area contributed by atoms with Crippen molar-refractivity contribution in [1.82, 2.24) is 24.5 Å². The fourth-order valence-electron chi connectivity index (χ4n) is 4.79. The number of fused-ring (bicyclic) bond motifs is 1. The van der Waals surface area contributed by atoms with E-state index in [1.165, 1.54) is 41.6 Å². The van der Waals surface area contributed by atoms with E-state index in [1.54, 1.807) is 16.8 Å². The van der Waals surface area contributed by atoms with Gasteiger partial charge >= 0.3 is 0 Å². The van der Waals surface area contributed by atoms with Gasteiger partial charge in [-0.15, -0.1) is 0 Å². The smallest absolute Gasteiger partial charge is 0.233 e. The van der Waals surface area contributed by atoms with Crippen LogP contribution in [-0.2, 0) is 23.0 Å². The zero-order chi connectivity index (χ0) is 26.0. The first-order chi connectivity index (χ1) is 17.8. The molecular weight excluding hydrogens is 486 g/mol. The summed E-state index contributed by atoms with van der Waals surface area (Å²) in [5.74, 6) is 1.79. The first-order valence-corrected chi connectivity index (χ1v) is 14.4. The lowest BCUT2D eigenvalue weighted by Gasteiger charge is -2.29. The highest BCUT2D eigenvalue weighted by molar-refractivity contribution is 7.92. The zero-order valence-corrected chi connectivity index (χ0v) is 22.3. The first-order valence-electron chi connectivity index (χ1n) is 12.5. The summed E-state index contributed by atoms with van der Waals surface area (Å²) < 4.78 is 27.0. The van der Waals surface area contributed by atoms with E-state index >= 15 is 0 Å². The second-order valence-corrected chi connectivity index (χ2v) is 11.8. The van der Waals surface area contributed by atoms with Crippen LogP contribution in [0.5, 0.6) is 0 Å². The average molecular weight is 520 g/mol. The van der Waals surface area contributed by atoms with Gasteiger partial charge in [0, 0.05) is 38.0 Å². The Bertz CT molecular complexity index is 1480. The van der Waals surface area contributed by atoms with Gasteiger partial charge in [-0.3, -0.25) is 4.31 Å². The van der Waals surface area contributed by atoms with Crippen LogP contribution >= 0.6 is 0 Å². The Morgan fingerprint density at radius 1 is 1.08 bits per heavy atom. The fraction of sp³-hybridized carbons (Fsp3) is 0.370. The Morgan fingerprint density at radius 3 is 2.57 bits per heavy atom. The lowest BCUT2D eigenvalue weighted by Crippen LogP contribution is -2.29. The minimum Gasteiger partial charge on any atom is -0.378 e. The van der Waals surface area contributed by atoms with Gasteiger partial charge in [-0.2, -0.15) is 5.10 Å². The molecule has 0 aliphatic carbocycles. The Balaban J connectivity index is 1.30. The number of benzene rings is 1. The summed E-state index contributed by atoms with van der Waals surface area (Å²) in [6.45, 7) is 2.71. The molecule has 3 aromatic heterocycles. The average Bonchev–Trinajstić information content (AvgIpc) is 3.31. The molecule has 4 aromatic rings. The maximum absolute atomic E-state index is 12.0. The van der Waals surface area contributed by atoms with Gasteiger partial charge in [0.1, 0.15) is 5.82 Å². The topological polar surface area (TPSA) is 95.7 Å². The molecule has 194 valence electrons. The van der Waals surface area contributed by atoms with E-state index in [0.29, 0.717) is 24.7 Å². The molecule has 4 heterocycles. The number of nitrogens with zero attached hydrogens (tertiary/aromatic N) is 6. The molecular formula is C27H33N7O2S. The second kappa shape index (κ2) is 10.5. The molecule has 1 aliphatic heterocycles. The molecule has 0 spiro atoms. The number of hydrogen-bond acceptors (Lipinski definition) is 7. The van der Waals surface area contributed by atoms with Gasteiger partial charge < -0.3 is 10.2 Å². The summed E-state index contributed by atoms with van der Waals surface area (Å²) in [5.41, 5.74) is 4.91. The van der Waals surface area contributed by atoms with Crippen molar-refractivity contribution in [2.45, 2.75) is 31.7 Å². The van der Waals surface area contributed by atoms with Crippen LogP contribution in [0.3, 0.4) is 0 Å². The van der Waals surface area contributed by atoms with Crippen molar-refractivity contribution < 1.29 is 8.42 Å². The highest BCUT2D eigenvalue weighted by atomic mass is 32.2. The number of hydrogen-bond donors (Lipinski definition) is 1. The molecule has 0 saturated carbocycles. The normalized spacial score (nSPS) is 15.2. The standard InChI is InChI=1S/C27H33N7O2S/c1-32-16-12-22(13-17-32)21-10-8-20(9-11-21)18-25-30-27-24(7-5-15-34(27)31-25)29-19-23-6-4-14-28-26(23)33(2)37(3,35)36/h4-11,14-15,22,29H,12-13,16-19H2,1-3H3. The summed E-state index contributed by atoms with van der Waals surface area (Å²) in [7, 11) is 0.278. The molecule has 1 N–H and O–H groups in total. The zero-order valence-electron chi connectivity index (χ0n) is 21.5. The monoisotopic (exact) mass is 519 g/mol. The molecule has 0 amide bonds. The molecule has 5 rings (SSSR count). The lowest BCUT2D eigenvalue weighted by molar-refractivity contribution is 0.255. The van der Waals surface area contributed by atoms with Crippen molar-refractivity contribution in [3.05, 3.63) is 83.4 Å². The number of piperidine rings is 1. The van der Waals surface area contributed by atoms with Crippen LogP contribution in [0.2, 0.25) is 0 Å². The van der Waals surface area contributed by atoms with Crippen LogP contribution < -0.4 is 9.62 Å². The van der Waals surface area contributed by atoms with Crippen LogP contribution in [0.25, 0.3) is 5.65 Å². The van der Waals surface area contributed by atoms with Crippen molar-refractivity contribution in [2.75, 3.05) is 43.1 Å². The summed E-state index contributed by atoms with van der Waals surface area (Å²) >= 11 is 0. The van der Waals surface area contributed by atoms with Gasteiger partial charge in [0.15, 0.2) is 11.5 Å². The molecule has 1 aromatic carbocycles. The maximum atomic E-state index is 12.0. The van der Waals surface area contributed by atoms with E-state index < -0.39 is 10.0 Å². The van der Waals surface area contributed by atoms with Crippen LogP contribution in [0, 0.1) is 0 Å². The van der Waals surface area contributed by atoms with Crippen LogP contribution in [0.1, 0.15) is 41.3 Å².